The first-order valence-electron chi connectivity index (χ1n) is 12.1. The minimum atomic E-state index is -1.45. The zero-order chi connectivity index (χ0) is 28.9. The Kier molecular flexibility index (Phi) is 27.5. The summed E-state index contributed by atoms with van der Waals surface area (Å²) in [5.41, 5.74) is 2.40. The molecule has 0 aliphatic carbocycles. The van der Waals surface area contributed by atoms with Crippen LogP contribution >= 0.6 is 0 Å². The van der Waals surface area contributed by atoms with Crippen LogP contribution in [0.5, 0.6) is 5.75 Å². The number of nitrogens with zero attached hydrogens (tertiary/aromatic N) is 1. The maximum atomic E-state index is 7.99. The molecule has 0 unspecified atom stereocenters. The van der Waals surface area contributed by atoms with E-state index in [2.05, 4.69) is 93.8 Å². The van der Waals surface area contributed by atoms with Gasteiger partial charge in [0, 0.05) is 7.11 Å². The fourth-order valence-corrected chi connectivity index (χ4v) is 3.99. The molecule has 0 saturated heterocycles. The Morgan fingerprint density at radius 3 is 1.79 bits per heavy atom. The van der Waals surface area contributed by atoms with E-state index in [0.717, 1.165) is 37.7 Å². The van der Waals surface area contributed by atoms with Crippen LogP contribution in [0.4, 0.5) is 0 Å². The molecule has 0 bridgehead atoms. The van der Waals surface area contributed by atoms with Gasteiger partial charge in [0.05, 0.1) is 6.61 Å². The van der Waals surface area contributed by atoms with Crippen molar-refractivity contribution in [2.24, 2.45) is 0 Å². The van der Waals surface area contributed by atoms with E-state index in [1.807, 2.05) is 61.7 Å². The number of hydrogen-bond acceptors (Lipinski definition) is 5. The molecule has 0 amide bonds. The van der Waals surface area contributed by atoms with E-state index in [9.17, 15) is 0 Å². The van der Waals surface area contributed by atoms with Crippen LogP contribution in [0.2, 0.25) is 19.1 Å². The Hall–Kier alpha value is -2.39. The van der Waals surface area contributed by atoms with Crippen molar-refractivity contribution in [2.75, 3.05) is 13.7 Å². The van der Waals surface area contributed by atoms with Crippen LogP contribution in [0.3, 0.4) is 0 Å². The molecule has 0 atom stereocenters. The van der Waals surface area contributed by atoms with Gasteiger partial charge in [-0.05, 0) is 43.3 Å². The minimum absolute atomic E-state index is 0.749. The number of nitriles is 1. The van der Waals surface area contributed by atoms with Gasteiger partial charge in [0.1, 0.15) is 5.75 Å². The summed E-state index contributed by atoms with van der Waals surface area (Å²) in [5, 5.41) is 7.99. The Balaban J connectivity index is 0. The fourth-order valence-electron chi connectivity index (χ4n) is 2.79. The summed E-state index contributed by atoms with van der Waals surface area (Å²) >= 11 is 4.62. The normalized spacial score (nSPS) is 9.18. The van der Waals surface area contributed by atoms with Gasteiger partial charge in [-0.1, -0.05) is 31.9 Å². The summed E-state index contributed by atoms with van der Waals surface area (Å²) in [6.45, 7) is 7.34. The van der Waals surface area contributed by atoms with E-state index >= 15 is 0 Å². The summed E-state index contributed by atoms with van der Waals surface area (Å²) in [7, 11) is 0.361. The van der Waals surface area contributed by atoms with Gasteiger partial charge in [-0.2, -0.15) is 36.8 Å². The summed E-state index contributed by atoms with van der Waals surface area (Å²) in [6, 6.07) is 35.4. The Morgan fingerprint density at radius 1 is 0.842 bits per heavy atom. The Bertz CT molecular complexity index is 911. The zero-order valence-corrected chi connectivity index (χ0v) is 25.6. The van der Waals surface area contributed by atoms with Crippen molar-refractivity contribution in [1.29, 1.82) is 5.26 Å². The number of hydrogen-bond donors (Lipinski definition) is 0. The van der Waals surface area contributed by atoms with Gasteiger partial charge in [-0.15, -0.1) is 11.6 Å². The van der Waals surface area contributed by atoms with E-state index in [1.165, 1.54) is 17.5 Å². The van der Waals surface area contributed by atoms with Crippen LogP contribution in [-0.2, 0) is 43.5 Å². The third-order valence-corrected chi connectivity index (χ3v) is 7.66. The smallest absolute Gasteiger partial charge is 0.288 e. The average molecular weight is 622 g/mol. The molecule has 38 heavy (non-hydrogen) atoms. The van der Waals surface area contributed by atoms with Gasteiger partial charge in [-0.25, -0.2) is 5.26 Å². The van der Waals surface area contributed by atoms with Crippen LogP contribution in [0.25, 0.3) is 11.1 Å². The first-order chi connectivity index (χ1) is 18.5. The number of rotatable bonds is 10. The van der Waals surface area contributed by atoms with Gasteiger partial charge in [0.25, 0.3) is 0 Å². The van der Waals surface area contributed by atoms with Crippen molar-refractivity contribution in [3.63, 3.8) is 0 Å². The molecule has 5 nitrogen and oxygen atoms in total. The van der Waals surface area contributed by atoms with Crippen molar-refractivity contribution in [3.05, 3.63) is 97.4 Å². The van der Waals surface area contributed by atoms with Crippen LogP contribution in [-0.4, -0.2) is 22.0 Å². The van der Waals surface area contributed by atoms with Crippen LogP contribution in [0.15, 0.2) is 72.8 Å². The molecule has 8 heteroatoms. The summed E-state index contributed by atoms with van der Waals surface area (Å²) < 4.78 is 27.2. The topological polar surface area (TPSA) is 76.4 Å². The van der Waals surface area contributed by atoms with Crippen LogP contribution in [0.1, 0.15) is 32.6 Å². The summed E-state index contributed by atoms with van der Waals surface area (Å²) in [4.78, 5) is 0. The van der Waals surface area contributed by atoms with Crippen LogP contribution in [0, 0.1) is 36.0 Å². The molecule has 0 radical (unpaired) electrons. The molecule has 0 heterocycles. The molecular formula is C30H37Co2NO4Si-4. The molecule has 0 N–H and O–H groups in total. The van der Waals surface area contributed by atoms with Gasteiger partial charge in [-0.3, -0.25) is 30.7 Å². The molecule has 0 spiro atoms. The standard InChI is InChI=1S/C18H23O2Si.C6H10N.C6H4.2Co.2O/c1-19-21(2,3)15-7-14-20-18-12-10-17(11-13-18)16-8-5-4-6-9-16;1-2-3-4-5-6-7;1-2-4-6-5-3-1;;;;/h5-6,8-13H,7,14-15H2,1-3H3;5H,2-4H2,1H3;1-2,5-6H;;;;/q2*-1;-2;;;;. The second-order valence-corrected chi connectivity index (χ2v) is 12.6. The number of unbranched alkanes of at least 4 members (excludes halogenated alkanes) is 3. The van der Waals surface area contributed by atoms with E-state index in [1.54, 1.807) is 6.42 Å². The SMILES string of the molecule is CCCC[CH-]C#N.CO[Si](C)(C)CCCOc1ccc(-c2cc[c-]cc2)cc1.[O]=[Co].[O]=[Co].[c-]1cc[c-]cc1. The van der Waals surface area contributed by atoms with Crippen molar-refractivity contribution in [1.82, 2.24) is 0 Å². The second-order valence-electron chi connectivity index (χ2n) is 8.20. The second kappa shape index (κ2) is 27.6. The molecule has 3 aromatic carbocycles. The summed E-state index contributed by atoms with van der Waals surface area (Å²) in [6.07, 6.45) is 5.96. The van der Waals surface area contributed by atoms with E-state index in [0.29, 0.717) is 0 Å². The maximum absolute atomic E-state index is 7.99. The van der Waals surface area contributed by atoms with E-state index in [4.69, 9.17) is 22.2 Å². The largest absolute Gasteiger partial charge is 0.319 e. The first-order valence-corrected chi connectivity index (χ1v) is 16.0. The van der Waals surface area contributed by atoms with Gasteiger partial charge < -0.3 is 21.3 Å². The predicted octanol–water partition coefficient (Wildman–Crippen LogP) is 7.72. The molecule has 0 aliphatic rings. The van der Waals surface area contributed by atoms with Crippen LogP contribution < -0.4 is 4.74 Å². The minimum Gasteiger partial charge on any atom is -0.319 e. The molecule has 0 aromatic heterocycles. The molecule has 212 valence electrons. The Morgan fingerprint density at radius 2 is 1.34 bits per heavy atom. The number of ether oxygens (including phenoxy) is 1. The first kappa shape index (κ1) is 37.8. The predicted molar refractivity (Wildman–Crippen MR) is 145 cm³/mol. The zero-order valence-electron chi connectivity index (χ0n) is 22.5. The third kappa shape index (κ3) is 21.7. The average Bonchev–Trinajstić information content (AvgIpc) is 3.00. The third-order valence-electron chi connectivity index (χ3n) is 5.00. The molecular weight excluding hydrogens is 584 g/mol. The molecule has 0 saturated carbocycles. The molecule has 0 fully saturated rings. The van der Waals surface area contributed by atoms with Crippen molar-refractivity contribution < 1.29 is 48.2 Å². The molecule has 3 aromatic rings. The van der Waals surface area contributed by atoms with Gasteiger partial charge >= 0.3 is 39.1 Å². The van der Waals surface area contributed by atoms with E-state index < -0.39 is 8.32 Å². The Labute approximate surface area is 246 Å². The van der Waals surface area contributed by atoms with Crippen molar-refractivity contribution in [2.45, 2.75) is 51.7 Å². The fraction of sp³-hybridized carbons (Fsp3) is 0.333. The molecule has 0 aliphatic heterocycles. The van der Waals surface area contributed by atoms with Crippen molar-refractivity contribution >= 4 is 8.32 Å². The van der Waals surface area contributed by atoms with E-state index in [-0.39, 0.29) is 0 Å². The van der Waals surface area contributed by atoms with Gasteiger partial charge in [0.15, 0.2) is 8.32 Å². The number of benzene rings is 3. The van der Waals surface area contributed by atoms with Crippen molar-refractivity contribution in [3.8, 4) is 22.9 Å². The monoisotopic (exact) mass is 621 g/mol. The quantitative estimate of drug-likeness (QED) is 0.132. The van der Waals surface area contributed by atoms with Gasteiger partial charge in [0.2, 0.25) is 0 Å². The maximum Gasteiger partial charge on any atom is -0.288 e. The summed E-state index contributed by atoms with van der Waals surface area (Å²) in [5.74, 6) is 0.929. The molecule has 3 rings (SSSR count).